The van der Waals surface area contributed by atoms with Crippen LogP contribution in [0.1, 0.15) is 42.4 Å². The lowest BCUT2D eigenvalue weighted by molar-refractivity contribution is -0.152. The molecule has 178 valence electrons. The van der Waals surface area contributed by atoms with Crippen LogP contribution in [-0.4, -0.2) is 40.9 Å². The maximum absolute atomic E-state index is 11.9. The van der Waals surface area contributed by atoms with Crippen LogP contribution in [0.2, 0.25) is 5.02 Å². The number of anilines is 1. The first-order valence-corrected chi connectivity index (χ1v) is 11.7. The van der Waals surface area contributed by atoms with E-state index in [4.69, 9.17) is 31.0 Å². The van der Waals surface area contributed by atoms with Gasteiger partial charge >= 0.3 is 5.97 Å². The van der Waals surface area contributed by atoms with Crippen LogP contribution in [0.4, 0.5) is 5.82 Å². The third-order valence-corrected chi connectivity index (χ3v) is 6.34. The van der Waals surface area contributed by atoms with Crippen molar-refractivity contribution in [3.63, 3.8) is 0 Å². The molecule has 0 unspecified atom stereocenters. The average molecular weight is 482 g/mol. The fourth-order valence-electron chi connectivity index (χ4n) is 4.34. The number of carbonyl (C=O) groups excluding carboxylic acids is 1. The number of nitrogens with one attached hydrogen (secondary N) is 1. The molecule has 34 heavy (non-hydrogen) atoms. The Hall–Kier alpha value is -3.16. The van der Waals surface area contributed by atoms with Gasteiger partial charge in [0, 0.05) is 12.0 Å². The SMILES string of the molecule is CCc1nc(-c2ccc(OC)cc2Cl)c(CC)nc1N[C@H]1c2ccccc2C[C@@H]1OC(=O)CO. The number of hydrogen-bond acceptors (Lipinski definition) is 7. The predicted molar refractivity (Wildman–Crippen MR) is 131 cm³/mol. The highest BCUT2D eigenvalue weighted by Crippen LogP contribution is 2.38. The number of aliphatic hydroxyl groups is 1. The number of aryl methyl sites for hydroxylation is 2. The molecular formula is C26H28ClN3O4. The number of fused-ring (bicyclic) bond motifs is 1. The smallest absolute Gasteiger partial charge is 0.332 e. The molecule has 0 bridgehead atoms. The number of nitrogens with zero attached hydrogens (tertiary/aromatic N) is 2. The Morgan fingerprint density at radius 3 is 2.59 bits per heavy atom. The van der Waals surface area contributed by atoms with E-state index < -0.39 is 18.7 Å². The number of aliphatic hydroxyl groups excluding tert-OH is 1. The fraction of sp³-hybridized carbons (Fsp3) is 0.346. The molecule has 2 atom stereocenters. The summed E-state index contributed by atoms with van der Waals surface area (Å²) in [5.74, 6) is 0.682. The number of ether oxygens (including phenoxy) is 2. The molecule has 2 N–H and O–H groups in total. The summed E-state index contributed by atoms with van der Waals surface area (Å²) in [6, 6.07) is 13.2. The minimum atomic E-state index is -0.656. The highest BCUT2D eigenvalue weighted by molar-refractivity contribution is 6.33. The van der Waals surface area contributed by atoms with Gasteiger partial charge in [-0.2, -0.15) is 0 Å². The van der Waals surface area contributed by atoms with Gasteiger partial charge in [0.15, 0.2) is 0 Å². The Labute approximate surface area is 204 Å². The van der Waals surface area contributed by atoms with Crippen molar-refractivity contribution in [2.75, 3.05) is 19.0 Å². The Bertz CT molecular complexity index is 1200. The Kier molecular flexibility index (Phi) is 7.34. The highest BCUT2D eigenvalue weighted by atomic mass is 35.5. The first-order chi connectivity index (χ1) is 16.5. The molecule has 1 aliphatic rings. The van der Waals surface area contributed by atoms with Crippen molar-refractivity contribution in [2.45, 2.75) is 45.3 Å². The number of rotatable bonds is 8. The summed E-state index contributed by atoms with van der Waals surface area (Å²) in [7, 11) is 1.60. The molecule has 0 aliphatic heterocycles. The van der Waals surface area contributed by atoms with Gasteiger partial charge in [-0.15, -0.1) is 0 Å². The second-order valence-electron chi connectivity index (χ2n) is 8.08. The van der Waals surface area contributed by atoms with Gasteiger partial charge in [-0.3, -0.25) is 0 Å². The molecule has 0 amide bonds. The monoisotopic (exact) mass is 481 g/mol. The van der Waals surface area contributed by atoms with E-state index in [1.165, 1.54) is 0 Å². The zero-order chi connectivity index (χ0) is 24.2. The van der Waals surface area contributed by atoms with Crippen LogP contribution in [0.3, 0.4) is 0 Å². The summed E-state index contributed by atoms with van der Waals surface area (Å²) in [6.07, 6.45) is 1.42. The minimum Gasteiger partial charge on any atom is -0.497 e. The van der Waals surface area contributed by atoms with E-state index in [2.05, 4.69) is 5.32 Å². The predicted octanol–water partition coefficient (Wildman–Crippen LogP) is 4.54. The summed E-state index contributed by atoms with van der Waals surface area (Å²) in [6.45, 7) is 3.39. The van der Waals surface area contributed by atoms with Gasteiger partial charge in [0.2, 0.25) is 0 Å². The van der Waals surface area contributed by atoms with Gasteiger partial charge in [0.1, 0.15) is 24.3 Å². The Balaban J connectivity index is 1.73. The summed E-state index contributed by atoms with van der Waals surface area (Å²) in [5, 5.41) is 13.2. The molecule has 7 nitrogen and oxygen atoms in total. The molecule has 0 fully saturated rings. The molecule has 8 heteroatoms. The summed E-state index contributed by atoms with van der Waals surface area (Å²) >= 11 is 6.55. The maximum Gasteiger partial charge on any atom is 0.332 e. The van der Waals surface area contributed by atoms with E-state index >= 15 is 0 Å². The van der Waals surface area contributed by atoms with Crippen LogP contribution in [-0.2, 0) is 28.8 Å². The molecule has 3 aromatic rings. The lowest BCUT2D eigenvalue weighted by atomic mass is 10.1. The highest BCUT2D eigenvalue weighted by Gasteiger charge is 2.36. The van der Waals surface area contributed by atoms with E-state index in [1.54, 1.807) is 13.2 Å². The summed E-state index contributed by atoms with van der Waals surface area (Å²) in [5.41, 5.74) is 5.28. The van der Waals surface area contributed by atoms with E-state index in [9.17, 15) is 9.90 Å². The van der Waals surface area contributed by atoms with E-state index in [-0.39, 0.29) is 6.04 Å². The lowest BCUT2D eigenvalue weighted by Gasteiger charge is -2.24. The van der Waals surface area contributed by atoms with Gasteiger partial charge in [0.25, 0.3) is 0 Å². The average Bonchev–Trinajstić information content (AvgIpc) is 3.20. The molecule has 0 radical (unpaired) electrons. The summed E-state index contributed by atoms with van der Waals surface area (Å²) < 4.78 is 10.8. The normalized spacial score (nSPS) is 16.7. The van der Waals surface area contributed by atoms with Gasteiger partial charge in [-0.1, -0.05) is 49.7 Å². The number of halogens is 1. The van der Waals surface area contributed by atoms with Crippen LogP contribution in [0, 0.1) is 0 Å². The maximum atomic E-state index is 11.9. The van der Waals surface area contributed by atoms with Crippen LogP contribution in [0.15, 0.2) is 42.5 Å². The van der Waals surface area contributed by atoms with Crippen molar-refractivity contribution in [1.82, 2.24) is 9.97 Å². The van der Waals surface area contributed by atoms with Crippen LogP contribution >= 0.6 is 11.6 Å². The number of benzene rings is 2. The van der Waals surface area contributed by atoms with Crippen molar-refractivity contribution in [2.24, 2.45) is 0 Å². The van der Waals surface area contributed by atoms with Crippen LogP contribution in [0.25, 0.3) is 11.3 Å². The van der Waals surface area contributed by atoms with Gasteiger partial charge in [-0.05, 0) is 42.2 Å². The number of carbonyl (C=O) groups is 1. The third kappa shape index (κ3) is 4.72. The number of methoxy groups -OCH3 is 1. The van der Waals surface area contributed by atoms with Crippen molar-refractivity contribution >= 4 is 23.4 Å². The van der Waals surface area contributed by atoms with Crippen molar-refractivity contribution in [3.8, 4) is 17.0 Å². The standard InChI is InChI=1S/C26H28ClN3O4/c1-4-20-24(18-11-10-16(33-3)13-19(18)27)28-21(5-2)26(29-20)30-25-17-9-7-6-8-15(17)12-22(25)34-23(32)14-31/h6-11,13,22,25,31H,4-5,12,14H2,1-3H3,(H,29,30)/t22-,25-/m0/s1. The molecule has 1 aromatic heterocycles. The molecule has 1 heterocycles. The lowest BCUT2D eigenvalue weighted by Crippen LogP contribution is -2.29. The third-order valence-electron chi connectivity index (χ3n) is 6.03. The van der Waals surface area contributed by atoms with E-state index in [1.807, 2.05) is 50.2 Å². The van der Waals surface area contributed by atoms with E-state index in [0.29, 0.717) is 35.9 Å². The topological polar surface area (TPSA) is 93.6 Å². The van der Waals surface area contributed by atoms with Crippen molar-refractivity contribution < 1.29 is 19.4 Å². The first kappa shape index (κ1) is 24.0. The van der Waals surface area contributed by atoms with Crippen molar-refractivity contribution in [1.29, 1.82) is 0 Å². The summed E-state index contributed by atoms with van der Waals surface area (Å²) in [4.78, 5) is 21.8. The molecule has 1 aliphatic carbocycles. The minimum absolute atomic E-state index is 0.300. The van der Waals surface area contributed by atoms with E-state index in [0.717, 1.165) is 33.8 Å². The van der Waals surface area contributed by atoms with Gasteiger partial charge < -0.3 is 19.9 Å². The molecule has 4 rings (SSSR count). The first-order valence-electron chi connectivity index (χ1n) is 11.4. The molecule has 0 spiro atoms. The second kappa shape index (κ2) is 10.4. The van der Waals surface area contributed by atoms with Gasteiger partial charge in [0.05, 0.1) is 35.3 Å². The largest absolute Gasteiger partial charge is 0.497 e. The Morgan fingerprint density at radius 2 is 1.91 bits per heavy atom. The molecular weight excluding hydrogens is 454 g/mol. The number of aromatic nitrogens is 2. The number of hydrogen-bond donors (Lipinski definition) is 2. The number of esters is 1. The van der Waals surface area contributed by atoms with Crippen LogP contribution in [0.5, 0.6) is 5.75 Å². The quantitative estimate of drug-likeness (QED) is 0.456. The zero-order valence-electron chi connectivity index (χ0n) is 19.5. The molecule has 0 saturated carbocycles. The van der Waals surface area contributed by atoms with Crippen LogP contribution < -0.4 is 10.1 Å². The fourth-order valence-corrected chi connectivity index (χ4v) is 4.60. The second-order valence-corrected chi connectivity index (χ2v) is 8.49. The molecule has 2 aromatic carbocycles. The van der Waals surface area contributed by atoms with Gasteiger partial charge in [-0.25, -0.2) is 14.8 Å². The molecule has 0 saturated heterocycles. The zero-order valence-corrected chi connectivity index (χ0v) is 20.2. The van der Waals surface area contributed by atoms with Crippen molar-refractivity contribution in [3.05, 3.63) is 70.0 Å². The Morgan fingerprint density at radius 1 is 1.15 bits per heavy atom.